The Hall–Kier alpha value is -3.20. The van der Waals surface area contributed by atoms with Crippen molar-refractivity contribution in [3.8, 4) is 0 Å². The van der Waals surface area contributed by atoms with E-state index in [2.05, 4.69) is 15.5 Å². The number of nitrogens with one attached hydrogen (secondary N) is 1. The SMILES string of the molecule is O=C(Nc1ccc(SCc2cccc([N+](=O)[O-])c2)nn1)c1ccco1. The minimum atomic E-state index is -0.426. The number of nitro benzene ring substituents is 1. The number of hydrogen-bond donors (Lipinski definition) is 1. The Bertz CT molecular complexity index is 881. The van der Waals surface area contributed by atoms with E-state index in [1.54, 1.807) is 30.3 Å². The summed E-state index contributed by atoms with van der Waals surface area (Å²) < 4.78 is 4.99. The van der Waals surface area contributed by atoms with Gasteiger partial charge in [0.1, 0.15) is 5.03 Å². The highest BCUT2D eigenvalue weighted by Crippen LogP contribution is 2.23. The summed E-state index contributed by atoms with van der Waals surface area (Å²) in [6.07, 6.45) is 1.41. The quantitative estimate of drug-likeness (QED) is 0.408. The Kier molecular flexibility index (Phi) is 5.05. The zero-order valence-electron chi connectivity index (χ0n) is 12.8. The maximum Gasteiger partial charge on any atom is 0.292 e. The molecule has 8 nitrogen and oxygen atoms in total. The molecule has 0 unspecified atom stereocenters. The van der Waals surface area contributed by atoms with Crippen molar-refractivity contribution in [3.05, 3.63) is 76.2 Å². The second-order valence-corrected chi connectivity index (χ2v) is 5.90. The zero-order valence-corrected chi connectivity index (χ0v) is 13.6. The Balaban J connectivity index is 1.58. The second kappa shape index (κ2) is 7.58. The van der Waals surface area contributed by atoms with Crippen molar-refractivity contribution in [1.29, 1.82) is 0 Å². The van der Waals surface area contributed by atoms with Gasteiger partial charge >= 0.3 is 0 Å². The van der Waals surface area contributed by atoms with E-state index in [0.717, 1.165) is 5.56 Å². The number of hydrogen-bond acceptors (Lipinski definition) is 7. The van der Waals surface area contributed by atoms with E-state index >= 15 is 0 Å². The molecule has 2 aromatic heterocycles. The van der Waals surface area contributed by atoms with Crippen LogP contribution in [0, 0.1) is 10.1 Å². The minimum absolute atomic E-state index is 0.0557. The summed E-state index contributed by atoms with van der Waals surface area (Å²) in [5.41, 5.74) is 0.872. The normalized spacial score (nSPS) is 10.4. The Morgan fingerprint density at radius 1 is 1.20 bits per heavy atom. The molecule has 0 bridgehead atoms. The minimum Gasteiger partial charge on any atom is -0.459 e. The summed E-state index contributed by atoms with van der Waals surface area (Å²) in [5.74, 6) is 0.609. The Morgan fingerprint density at radius 3 is 2.76 bits per heavy atom. The van der Waals surface area contributed by atoms with E-state index < -0.39 is 10.8 Å². The lowest BCUT2D eigenvalue weighted by Crippen LogP contribution is -2.12. The van der Waals surface area contributed by atoms with Crippen LogP contribution in [0.25, 0.3) is 0 Å². The van der Waals surface area contributed by atoms with Crippen LogP contribution in [0.1, 0.15) is 16.1 Å². The maximum atomic E-state index is 11.8. The molecule has 1 aromatic carbocycles. The summed E-state index contributed by atoms with van der Waals surface area (Å²) in [5, 5.41) is 21.9. The number of amides is 1. The Morgan fingerprint density at radius 2 is 2.08 bits per heavy atom. The van der Waals surface area contributed by atoms with Gasteiger partial charge in [-0.3, -0.25) is 14.9 Å². The molecule has 25 heavy (non-hydrogen) atoms. The number of aromatic nitrogens is 2. The van der Waals surface area contributed by atoms with Crippen LogP contribution in [0.3, 0.4) is 0 Å². The molecule has 126 valence electrons. The highest BCUT2D eigenvalue weighted by atomic mass is 32.2. The van der Waals surface area contributed by atoms with E-state index in [4.69, 9.17) is 4.42 Å². The summed E-state index contributed by atoms with van der Waals surface area (Å²) >= 11 is 1.39. The average molecular weight is 356 g/mol. The van der Waals surface area contributed by atoms with E-state index in [0.29, 0.717) is 16.6 Å². The first kappa shape index (κ1) is 16.7. The van der Waals surface area contributed by atoms with Gasteiger partial charge in [-0.25, -0.2) is 0 Å². The fourth-order valence-corrected chi connectivity index (χ4v) is 2.72. The van der Waals surface area contributed by atoms with Gasteiger partial charge in [0.25, 0.3) is 11.6 Å². The number of nitrogens with zero attached hydrogens (tertiary/aromatic N) is 3. The third-order valence-electron chi connectivity index (χ3n) is 3.13. The molecular formula is C16H12N4O4S. The van der Waals surface area contributed by atoms with Gasteiger partial charge in [-0.1, -0.05) is 23.9 Å². The smallest absolute Gasteiger partial charge is 0.292 e. The van der Waals surface area contributed by atoms with Crippen LogP contribution in [-0.4, -0.2) is 21.0 Å². The van der Waals surface area contributed by atoms with Crippen LogP contribution >= 0.6 is 11.8 Å². The van der Waals surface area contributed by atoms with Gasteiger partial charge < -0.3 is 9.73 Å². The predicted octanol–water partition coefficient (Wildman–Crippen LogP) is 3.52. The van der Waals surface area contributed by atoms with Gasteiger partial charge in [0.05, 0.1) is 11.2 Å². The van der Waals surface area contributed by atoms with Crippen molar-refractivity contribution in [2.75, 3.05) is 5.32 Å². The highest BCUT2D eigenvalue weighted by Gasteiger charge is 2.10. The molecule has 0 saturated carbocycles. The number of furan rings is 1. The fraction of sp³-hybridized carbons (Fsp3) is 0.0625. The average Bonchev–Trinajstić information content (AvgIpc) is 3.16. The van der Waals surface area contributed by atoms with Crippen molar-refractivity contribution in [2.45, 2.75) is 10.8 Å². The molecule has 1 amide bonds. The van der Waals surface area contributed by atoms with Gasteiger partial charge in [-0.15, -0.1) is 10.2 Å². The molecule has 3 rings (SSSR count). The molecule has 0 fully saturated rings. The van der Waals surface area contributed by atoms with Crippen molar-refractivity contribution >= 4 is 29.2 Å². The lowest BCUT2D eigenvalue weighted by molar-refractivity contribution is -0.384. The van der Waals surface area contributed by atoms with Crippen LogP contribution in [0.2, 0.25) is 0 Å². The standard InChI is InChI=1S/C16H12N4O4S/c21-16(13-5-2-8-24-13)17-14-6-7-15(19-18-14)25-10-11-3-1-4-12(9-11)20(22)23/h1-9H,10H2,(H,17,18,21). The van der Waals surface area contributed by atoms with Crippen LogP contribution < -0.4 is 5.32 Å². The number of thioether (sulfide) groups is 1. The number of nitro groups is 1. The van der Waals surface area contributed by atoms with Crippen LogP contribution in [0.5, 0.6) is 0 Å². The molecule has 0 atom stereocenters. The number of benzene rings is 1. The fourth-order valence-electron chi connectivity index (χ4n) is 1.97. The van der Waals surface area contributed by atoms with Gasteiger partial charge in [0.2, 0.25) is 0 Å². The van der Waals surface area contributed by atoms with Gasteiger partial charge in [0.15, 0.2) is 11.6 Å². The first-order valence-corrected chi connectivity index (χ1v) is 8.15. The first-order valence-electron chi connectivity index (χ1n) is 7.16. The van der Waals surface area contributed by atoms with Crippen molar-refractivity contribution < 1.29 is 14.1 Å². The highest BCUT2D eigenvalue weighted by molar-refractivity contribution is 7.98. The first-order chi connectivity index (χ1) is 12.1. The Labute approximate surface area is 146 Å². The van der Waals surface area contributed by atoms with Gasteiger partial charge in [-0.2, -0.15) is 0 Å². The topological polar surface area (TPSA) is 111 Å². The largest absolute Gasteiger partial charge is 0.459 e. The number of rotatable bonds is 6. The molecule has 1 N–H and O–H groups in total. The van der Waals surface area contributed by atoms with Crippen molar-refractivity contribution in [2.24, 2.45) is 0 Å². The van der Waals surface area contributed by atoms with E-state index in [1.165, 1.54) is 30.2 Å². The monoisotopic (exact) mass is 356 g/mol. The van der Waals surface area contributed by atoms with Crippen molar-refractivity contribution in [1.82, 2.24) is 10.2 Å². The summed E-state index contributed by atoms with van der Waals surface area (Å²) in [7, 11) is 0. The molecule has 0 radical (unpaired) electrons. The number of carbonyl (C=O) groups excluding carboxylic acids is 1. The maximum absolute atomic E-state index is 11.8. The molecule has 0 saturated heterocycles. The molecule has 0 aliphatic heterocycles. The number of anilines is 1. The molecule has 0 spiro atoms. The lowest BCUT2D eigenvalue weighted by Gasteiger charge is -2.03. The van der Waals surface area contributed by atoms with Gasteiger partial charge in [-0.05, 0) is 29.8 Å². The summed E-state index contributed by atoms with van der Waals surface area (Å²) in [6, 6.07) is 12.9. The lowest BCUT2D eigenvalue weighted by atomic mass is 10.2. The number of non-ortho nitro benzene ring substituents is 1. The molecular weight excluding hydrogens is 344 g/mol. The van der Waals surface area contributed by atoms with Gasteiger partial charge in [0, 0.05) is 17.9 Å². The van der Waals surface area contributed by atoms with Crippen LogP contribution in [0.4, 0.5) is 11.5 Å². The van der Waals surface area contributed by atoms with Crippen LogP contribution in [-0.2, 0) is 5.75 Å². The molecule has 3 aromatic rings. The van der Waals surface area contributed by atoms with Crippen molar-refractivity contribution in [3.63, 3.8) is 0 Å². The second-order valence-electron chi connectivity index (χ2n) is 4.90. The predicted molar refractivity (Wildman–Crippen MR) is 91.4 cm³/mol. The zero-order chi connectivity index (χ0) is 17.6. The van der Waals surface area contributed by atoms with E-state index in [1.807, 2.05) is 6.07 Å². The third kappa shape index (κ3) is 4.42. The molecule has 2 heterocycles. The summed E-state index contributed by atoms with van der Waals surface area (Å²) in [6.45, 7) is 0. The third-order valence-corrected chi connectivity index (χ3v) is 4.13. The van der Waals surface area contributed by atoms with E-state index in [-0.39, 0.29) is 11.4 Å². The molecule has 0 aliphatic carbocycles. The van der Waals surface area contributed by atoms with E-state index in [9.17, 15) is 14.9 Å². The summed E-state index contributed by atoms with van der Waals surface area (Å²) in [4.78, 5) is 22.2. The molecule has 0 aliphatic rings. The molecule has 9 heteroatoms. The number of carbonyl (C=O) groups is 1. The van der Waals surface area contributed by atoms with Crippen LogP contribution in [0.15, 0.2) is 64.2 Å².